The highest BCUT2D eigenvalue weighted by Crippen LogP contribution is 2.26. The Morgan fingerprint density at radius 1 is 1.35 bits per heavy atom. The maximum absolute atomic E-state index is 9.11. The van der Waals surface area contributed by atoms with Crippen LogP contribution in [-0.2, 0) is 19.6 Å². The molecule has 1 aliphatic heterocycles. The predicted octanol–water partition coefficient (Wildman–Crippen LogP) is 2.20. The molecule has 17 heavy (non-hydrogen) atoms. The van der Waals surface area contributed by atoms with Crippen LogP contribution < -0.4 is 4.90 Å². The van der Waals surface area contributed by atoms with Gasteiger partial charge in [-0.1, -0.05) is 6.07 Å². The number of anilines is 1. The monoisotopic (exact) mass is 246 g/mol. The van der Waals surface area contributed by atoms with Gasteiger partial charge in [-0.15, -0.1) is 11.3 Å². The van der Waals surface area contributed by atoms with Gasteiger partial charge < -0.3 is 10.0 Å². The molecule has 2 aromatic rings. The van der Waals surface area contributed by atoms with E-state index < -0.39 is 0 Å². The summed E-state index contributed by atoms with van der Waals surface area (Å²) in [7, 11) is 0. The number of aliphatic hydroxyl groups excluding tert-OH is 1. The summed E-state index contributed by atoms with van der Waals surface area (Å²) < 4.78 is 0. The summed E-state index contributed by atoms with van der Waals surface area (Å²) in [6.07, 6.45) is 1.10. The standard InChI is InChI=1S/C13H14N2OS/c16-9-11-2-1-3-13(14-11)15-6-4-12-10(8-15)5-7-17-12/h1-3,5,7,16H,4,6,8-9H2. The molecule has 3 rings (SSSR count). The summed E-state index contributed by atoms with van der Waals surface area (Å²) in [5.41, 5.74) is 2.15. The first kappa shape index (κ1) is 10.7. The van der Waals surface area contributed by atoms with Crippen LogP contribution in [0.5, 0.6) is 0 Å². The van der Waals surface area contributed by atoms with E-state index in [9.17, 15) is 0 Å². The zero-order valence-electron chi connectivity index (χ0n) is 9.47. The highest BCUT2D eigenvalue weighted by atomic mass is 32.1. The topological polar surface area (TPSA) is 36.4 Å². The zero-order valence-corrected chi connectivity index (χ0v) is 10.3. The Bertz CT molecular complexity index is 524. The Hall–Kier alpha value is -1.39. The number of aliphatic hydroxyl groups is 1. The number of pyridine rings is 1. The molecule has 0 unspecified atom stereocenters. The van der Waals surface area contributed by atoms with Crippen molar-refractivity contribution in [1.29, 1.82) is 0 Å². The minimum absolute atomic E-state index is 0.00534. The number of aromatic nitrogens is 1. The van der Waals surface area contributed by atoms with Crippen LogP contribution in [0.2, 0.25) is 0 Å². The first-order valence-electron chi connectivity index (χ1n) is 5.74. The van der Waals surface area contributed by atoms with Crippen molar-refractivity contribution in [3.63, 3.8) is 0 Å². The Morgan fingerprint density at radius 3 is 3.18 bits per heavy atom. The van der Waals surface area contributed by atoms with E-state index >= 15 is 0 Å². The zero-order chi connectivity index (χ0) is 11.7. The van der Waals surface area contributed by atoms with Crippen molar-refractivity contribution in [2.24, 2.45) is 0 Å². The average molecular weight is 246 g/mol. The molecule has 88 valence electrons. The van der Waals surface area contributed by atoms with Crippen molar-refractivity contribution in [1.82, 2.24) is 4.98 Å². The quantitative estimate of drug-likeness (QED) is 0.882. The molecule has 0 saturated carbocycles. The van der Waals surface area contributed by atoms with Crippen LogP contribution in [-0.4, -0.2) is 16.6 Å². The van der Waals surface area contributed by atoms with Crippen molar-refractivity contribution in [3.05, 3.63) is 45.8 Å². The molecule has 0 saturated heterocycles. The highest BCUT2D eigenvalue weighted by Gasteiger charge is 2.18. The summed E-state index contributed by atoms with van der Waals surface area (Å²) >= 11 is 1.84. The maximum Gasteiger partial charge on any atom is 0.129 e. The molecule has 0 aliphatic carbocycles. The molecule has 4 heteroatoms. The molecule has 0 fully saturated rings. The molecule has 0 spiro atoms. The Kier molecular flexibility index (Phi) is 2.82. The van der Waals surface area contributed by atoms with Crippen LogP contribution in [0, 0.1) is 0 Å². The van der Waals surface area contributed by atoms with Gasteiger partial charge in [0.2, 0.25) is 0 Å². The van der Waals surface area contributed by atoms with Gasteiger partial charge >= 0.3 is 0 Å². The fourth-order valence-electron chi connectivity index (χ4n) is 2.18. The Morgan fingerprint density at radius 2 is 2.29 bits per heavy atom. The Balaban J connectivity index is 1.86. The van der Waals surface area contributed by atoms with Gasteiger partial charge in [0.15, 0.2) is 0 Å². The third-order valence-electron chi connectivity index (χ3n) is 3.09. The number of hydrogen-bond donors (Lipinski definition) is 1. The SMILES string of the molecule is OCc1cccc(N2CCc3sccc3C2)n1. The van der Waals surface area contributed by atoms with Crippen LogP contribution in [0.4, 0.5) is 5.82 Å². The Labute approximate surface area is 104 Å². The number of hydrogen-bond acceptors (Lipinski definition) is 4. The summed E-state index contributed by atoms with van der Waals surface area (Å²) in [6.45, 7) is 1.95. The lowest BCUT2D eigenvalue weighted by Crippen LogP contribution is -2.30. The van der Waals surface area contributed by atoms with E-state index in [1.54, 1.807) is 0 Å². The summed E-state index contributed by atoms with van der Waals surface area (Å²) in [6, 6.07) is 8.01. The van der Waals surface area contributed by atoms with Crippen LogP contribution in [0.25, 0.3) is 0 Å². The second kappa shape index (κ2) is 4.47. The molecule has 3 nitrogen and oxygen atoms in total. The van der Waals surface area contributed by atoms with Gasteiger partial charge in [-0.3, -0.25) is 0 Å². The lowest BCUT2D eigenvalue weighted by atomic mass is 10.1. The van der Waals surface area contributed by atoms with E-state index in [4.69, 9.17) is 5.11 Å². The predicted molar refractivity (Wildman–Crippen MR) is 69.2 cm³/mol. The third-order valence-corrected chi connectivity index (χ3v) is 4.11. The van der Waals surface area contributed by atoms with Crippen LogP contribution in [0.15, 0.2) is 29.6 Å². The molecule has 0 amide bonds. The largest absolute Gasteiger partial charge is 0.390 e. The molecule has 0 radical (unpaired) electrons. The molecule has 0 atom stereocenters. The minimum atomic E-state index is 0.00534. The fraction of sp³-hybridized carbons (Fsp3) is 0.308. The normalized spacial score (nSPS) is 14.8. The molecular weight excluding hydrogens is 232 g/mol. The van der Waals surface area contributed by atoms with E-state index in [0.717, 1.165) is 31.0 Å². The van der Waals surface area contributed by atoms with Gasteiger partial charge in [0, 0.05) is 18.0 Å². The van der Waals surface area contributed by atoms with Crippen molar-refractivity contribution in [3.8, 4) is 0 Å². The molecule has 1 aliphatic rings. The highest BCUT2D eigenvalue weighted by molar-refractivity contribution is 7.10. The van der Waals surface area contributed by atoms with Crippen molar-refractivity contribution in [2.75, 3.05) is 11.4 Å². The molecular formula is C13H14N2OS. The molecule has 2 aromatic heterocycles. The first-order valence-corrected chi connectivity index (χ1v) is 6.62. The van der Waals surface area contributed by atoms with Crippen molar-refractivity contribution >= 4 is 17.2 Å². The number of thiophene rings is 1. The lowest BCUT2D eigenvalue weighted by Gasteiger charge is -2.28. The van der Waals surface area contributed by atoms with Crippen molar-refractivity contribution in [2.45, 2.75) is 19.6 Å². The second-order valence-corrected chi connectivity index (χ2v) is 5.19. The minimum Gasteiger partial charge on any atom is -0.390 e. The van der Waals surface area contributed by atoms with E-state index in [1.807, 2.05) is 29.5 Å². The van der Waals surface area contributed by atoms with Gasteiger partial charge in [-0.05, 0) is 35.6 Å². The van der Waals surface area contributed by atoms with E-state index in [0.29, 0.717) is 0 Å². The van der Waals surface area contributed by atoms with Crippen LogP contribution in [0.1, 0.15) is 16.1 Å². The number of rotatable bonds is 2. The van der Waals surface area contributed by atoms with Gasteiger partial charge in [0.25, 0.3) is 0 Å². The van der Waals surface area contributed by atoms with Crippen LogP contribution >= 0.6 is 11.3 Å². The molecule has 3 heterocycles. The summed E-state index contributed by atoms with van der Waals surface area (Å²) in [5, 5.41) is 11.3. The van der Waals surface area contributed by atoms with Gasteiger partial charge in [0.1, 0.15) is 5.82 Å². The second-order valence-electron chi connectivity index (χ2n) is 4.19. The smallest absolute Gasteiger partial charge is 0.129 e. The number of fused-ring (bicyclic) bond motifs is 1. The van der Waals surface area contributed by atoms with E-state index in [1.165, 1.54) is 10.4 Å². The van der Waals surface area contributed by atoms with Gasteiger partial charge in [-0.2, -0.15) is 0 Å². The van der Waals surface area contributed by atoms with Gasteiger partial charge in [0.05, 0.1) is 12.3 Å². The molecule has 0 bridgehead atoms. The average Bonchev–Trinajstić information content (AvgIpc) is 2.86. The summed E-state index contributed by atoms with van der Waals surface area (Å²) in [5.74, 6) is 0.966. The molecule has 0 aromatic carbocycles. The first-order chi connectivity index (χ1) is 8.36. The molecule has 1 N–H and O–H groups in total. The third kappa shape index (κ3) is 2.06. The fourth-order valence-corrected chi connectivity index (χ4v) is 3.06. The number of nitrogens with zero attached hydrogens (tertiary/aromatic N) is 2. The van der Waals surface area contributed by atoms with Crippen molar-refractivity contribution < 1.29 is 5.11 Å². The maximum atomic E-state index is 9.11. The van der Waals surface area contributed by atoms with E-state index in [-0.39, 0.29) is 6.61 Å². The van der Waals surface area contributed by atoms with Crippen LogP contribution in [0.3, 0.4) is 0 Å². The van der Waals surface area contributed by atoms with Gasteiger partial charge in [-0.25, -0.2) is 4.98 Å². The lowest BCUT2D eigenvalue weighted by molar-refractivity contribution is 0.277. The van der Waals surface area contributed by atoms with E-state index in [2.05, 4.69) is 21.3 Å². The summed E-state index contributed by atoms with van der Waals surface area (Å²) in [4.78, 5) is 8.22.